The van der Waals surface area contributed by atoms with Gasteiger partial charge in [0, 0.05) is 23.3 Å². The maximum absolute atomic E-state index is 12.1. The van der Waals surface area contributed by atoms with Crippen molar-refractivity contribution in [2.45, 2.75) is 57.5 Å². The van der Waals surface area contributed by atoms with Gasteiger partial charge in [0.25, 0.3) is 5.91 Å². The molecule has 2 saturated carbocycles. The number of carbonyl (C=O) groups excluding carboxylic acids is 1. The van der Waals surface area contributed by atoms with Gasteiger partial charge in [0.15, 0.2) is 0 Å². The Morgan fingerprint density at radius 2 is 2.10 bits per heavy atom. The van der Waals surface area contributed by atoms with Crippen molar-refractivity contribution < 1.29 is 4.79 Å². The fourth-order valence-electron chi connectivity index (χ4n) is 3.18. The molecule has 2 aliphatic rings. The molecule has 2 N–H and O–H groups in total. The van der Waals surface area contributed by atoms with Crippen molar-refractivity contribution in [2.24, 2.45) is 5.92 Å². The largest absolute Gasteiger partial charge is 0.382 e. The minimum Gasteiger partial charge on any atom is -0.382 e. The Morgan fingerprint density at radius 3 is 2.85 bits per heavy atom. The summed E-state index contributed by atoms with van der Waals surface area (Å²) in [4.78, 5) is 12.1. The first-order chi connectivity index (χ1) is 9.76. The normalized spacial score (nSPS) is 25.4. The summed E-state index contributed by atoms with van der Waals surface area (Å²) in [7, 11) is 0. The number of benzene rings is 1. The molecule has 2 atom stereocenters. The molecule has 20 heavy (non-hydrogen) atoms. The van der Waals surface area contributed by atoms with Crippen LogP contribution in [0.25, 0.3) is 0 Å². The van der Waals surface area contributed by atoms with Crippen molar-refractivity contribution in [3.63, 3.8) is 0 Å². The van der Waals surface area contributed by atoms with Gasteiger partial charge in [-0.2, -0.15) is 0 Å². The predicted octanol–water partition coefficient (Wildman–Crippen LogP) is 3.57. The Hall–Kier alpha value is -1.51. The molecule has 1 aromatic carbocycles. The number of carbonyl (C=O) groups is 1. The molecule has 2 unspecified atom stereocenters. The maximum atomic E-state index is 12.1. The summed E-state index contributed by atoms with van der Waals surface area (Å²) in [5, 5.41) is 6.67. The Morgan fingerprint density at radius 1 is 1.25 bits per heavy atom. The van der Waals surface area contributed by atoms with Crippen LogP contribution in [-0.4, -0.2) is 18.0 Å². The van der Waals surface area contributed by atoms with Gasteiger partial charge < -0.3 is 10.6 Å². The molecule has 0 spiro atoms. The topological polar surface area (TPSA) is 41.1 Å². The van der Waals surface area contributed by atoms with Crippen LogP contribution in [0.5, 0.6) is 0 Å². The monoisotopic (exact) mass is 272 g/mol. The molecule has 3 nitrogen and oxygen atoms in total. The molecular weight excluding hydrogens is 248 g/mol. The second-order valence-electron chi connectivity index (χ2n) is 6.18. The van der Waals surface area contributed by atoms with Crippen molar-refractivity contribution >= 4 is 11.6 Å². The average molecular weight is 272 g/mol. The Balaban J connectivity index is 1.65. The van der Waals surface area contributed by atoms with Crippen LogP contribution in [-0.2, 0) is 0 Å². The minimum atomic E-state index is 0.0645. The first-order valence-corrected chi connectivity index (χ1v) is 7.93. The van der Waals surface area contributed by atoms with E-state index in [9.17, 15) is 4.79 Å². The van der Waals surface area contributed by atoms with Gasteiger partial charge in [-0.05, 0) is 49.8 Å². The van der Waals surface area contributed by atoms with Gasteiger partial charge in [-0.3, -0.25) is 4.79 Å². The maximum Gasteiger partial charge on any atom is 0.251 e. The van der Waals surface area contributed by atoms with Crippen molar-refractivity contribution in [1.82, 2.24) is 5.32 Å². The molecule has 0 aliphatic heterocycles. The molecular formula is C17H24N2O. The lowest BCUT2D eigenvalue weighted by atomic mass is 10.0. The smallest absolute Gasteiger partial charge is 0.251 e. The van der Waals surface area contributed by atoms with E-state index >= 15 is 0 Å². The number of rotatable bonds is 5. The van der Waals surface area contributed by atoms with E-state index in [1.807, 2.05) is 18.2 Å². The third-order valence-corrected chi connectivity index (χ3v) is 4.57. The number of nitrogens with one attached hydrogen (secondary N) is 2. The highest BCUT2D eigenvalue weighted by molar-refractivity contribution is 5.95. The Bertz CT molecular complexity index is 482. The molecule has 2 fully saturated rings. The first kappa shape index (κ1) is 13.5. The van der Waals surface area contributed by atoms with E-state index in [0.717, 1.165) is 30.0 Å². The number of anilines is 1. The molecule has 0 aromatic heterocycles. The van der Waals surface area contributed by atoms with Gasteiger partial charge in [-0.15, -0.1) is 0 Å². The van der Waals surface area contributed by atoms with Gasteiger partial charge >= 0.3 is 0 Å². The van der Waals surface area contributed by atoms with E-state index in [2.05, 4.69) is 23.6 Å². The molecule has 108 valence electrons. The van der Waals surface area contributed by atoms with Gasteiger partial charge in [-0.25, -0.2) is 0 Å². The van der Waals surface area contributed by atoms with Gasteiger partial charge in [0.05, 0.1) is 0 Å². The zero-order valence-electron chi connectivity index (χ0n) is 12.2. The fraction of sp³-hybridized carbons (Fsp3) is 0.588. The molecule has 1 aromatic rings. The zero-order valence-corrected chi connectivity index (χ0v) is 12.2. The molecule has 1 amide bonds. The van der Waals surface area contributed by atoms with E-state index in [0.29, 0.717) is 12.1 Å². The second kappa shape index (κ2) is 5.86. The summed E-state index contributed by atoms with van der Waals surface area (Å²) in [5.74, 6) is 0.841. The van der Waals surface area contributed by atoms with Crippen molar-refractivity contribution in [2.75, 3.05) is 5.32 Å². The number of hydrogen-bond acceptors (Lipinski definition) is 2. The average Bonchev–Trinajstić information content (AvgIpc) is 3.16. The van der Waals surface area contributed by atoms with Crippen molar-refractivity contribution in [3.05, 3.63) is 29.8 Å². The lowest BCUT2D eigenvalue weighted by molar-refractivity contribution is 0.0951. The summed E-state index contributed by atoms with van der Waals surface area (Å²) in [6.45, 7) is 2.27. The van der Waals surface area contributed by atoms with E-state index < -0.39 is 0 Å². The SMILES string of the molecule is CCC1CCCC1Nc1cccc(C(=O)NC2CC2)c1. The van der Waals surface area contributed by atoms with Crippen molar-refractivity contribution in [1.29, 1.82) is 0 Å². The fourth-order valence-corrected chi connectivity index (χ4v) is 3.18. The second-order valence-corrected chi connectivity index (χ2v) is 6.18. The van der Waals surface area contributed by atoms with Crippen LogP contribution in [0.4, 0.5) is 5.69 Å². The van der Waals surface area contributed by atoms with E-state index in [4.69, 9.17) is 0 Å². The number of amides is 1. The summed E-state index contributed by atoms with van der Waals surface area (Å²) in [6.07, 6.45) is 7.39. The van der Waals surface area contributed by atoms with Crippen LogP contribution < -0.4 is 10.6 Å². The third kappa shape index (κ3) is 3.14. The van der Waals surface area contributed by atoms with Gasteiger partial charge in [0.2, 0.25) is 0 Å². The first-order valence-electron chi connectivity index (χ1n) is 7.93. The molecule has 0 saturated heterocycles. The molecule has 3 heteroatoms. The van der Waals surface area contributed by atoms with E-state index in [1.54, 1.807) is 0 Å². The van der Waals surface area contributed by atoms with Crippen LogP contribution in [0, 0.1) is 5.92 Å². The molecule has 0 radical (unpaired) electrons. The van der Waals surface area contributed by atoms with Crippen LogP contribution in [0.1, 0.15) is 55.8 Å². The molecule has 0 heterocycles. The predicted molar refractivity (Wildman–Crippen MR) is 82.0 cm³/mol. The van der Waals surface area contributed by atoms with Crippen LogP contribution >= 0.6 is 0 Å². The zero-order chi connectivity index (χ0) is 13.9. The Labute approximate surface area is 121 Å². The third-order valence-electron chi connectivity index (χ3n) is 4.57. The van der Waals surface area contributed by atoms with E-state index in [1.165, 1.54) is 25.7 Å². The highest BCUT2D eigenvalue weighted by Gasteiger charge is 2.26. The standard InChI is InChI=1S/C17H24N2O/c1-2-12-5-4-8-16(12)18-15-7-3-6-13(11-15)17(20)19-14-9-10-14/h3,6-7,11-12,14,16,18H,2,4-5,8-10H2,1H3,(H,19,20). The quantitative estimate of drug-likeness (QED) is 0.860. The summed E-state index contributed by atoms with van der Waals surface area (Å²) >= 11 is 0. The molecule has 0 bridgehead atoms. The van der Waals surface area contributed by atoms with Crippen LogP contribution in [0.15, 0.2) is 24.3 Å². The van der Waals surface area contributed by atoms with Gasteiger partial charge in [-0.1, -0.05) is 25.8 Å². The minimum absolute atomic E-state index is 0.0645. The summed E-state index contributed by atoms with van der Waals surface area (Å²) in [6, 6.07) is 8.91. The summed E-state index contributed by atoms with van der Waals surface area (Å²) in [5.41, 5.74) is 1.85. The van der Waals surface area contributed by atoms with Crippen molar-refractivity contribution in [3.8, 4) is 0 Å². The van der Waals surface area contributed by atoms with Gasteiger partial charge in [0.1, 0.15) is 0 Å². The Kier molecular flexibility index (Phi) is 3.95. The lowest BCUT2D eigenvalue weighted by Gasteiger charge is -2.21. The highest BCUT2D eigenvalue weighted by atomic mass is 16.1. The van der Waals surface area contributed by atoms with Crippen LogP contribution in [0.2, 0.25) is 0 Å². The number of hydrogen-bond donors (Lipinski definition) is 2. The lowest BCUT2D eigenvalue weighted by Crippen LogP contribution is -2.26. The summed E-state index contributed by atoms with van der Waals surface area (Å²) < 4.78 is 0. The van der Waals surface area contributed by atoms with Crippen LogP contribution in [0.3, 0.4) is 0 Å². The highest BCUT2D eigenvalue weighted by Crippen LogP contribution is 2.31. The van der Waals surface area contributed by atoms with E-state index in [-0.39, 0.29) is 5.91 Å². The molecule has 3 rings (SSSR count). The molecule has 2 aliphatic carbocycles.